The van der Waals surface area contributed by atoms with Crippen LogP contribution in [0.1, 0.15) is 68.5 Å². The number of likely N-dealkylation sites (tertiary alicyclic amines) is 1. The van der Waals surface area contributed by atoms with E-state index in [0.29, 0.717) is 30.3 Å². The second kappa shape index (κ2) is 12.9. The Balaban J connectivity index is 1.30. The zero-order valence-corrected chi connectivity index (χ0v) is 27.7. The van der Waals surface area contributed by atoms with Crippen LogP contribution < -0.4 is 22.3 Å². The largest absolute Gasteiger partial charge is 0.382 e. The van der Waals surface area contributed by atoms with Gasteiger partial charge in [-0.1, -0.05) is 32.0 Å². The van der Waals surface area contributed by atoms with Gasteiger partial charge in [-0.05, 0) is 57.0 Å². The van der Waals surface area contributed by atoms with Crippen molar-refractivity contribution in [3.05, 3.63) is 93.0 Å². The Morgan fingerprint density at radius 3 is 2.33 bits per heavy atom. The summed E-state index contributed by atoms with van der Waals surface area (Å²) in [5.74, 6) is 0.140. The number of hydrogen-bond donors (Lipinski definition) is 2. The third kappa shape index (κ3) is 5.98. The lowest BCUT2D eigenvalue weighted by atomic mass is 9.91. The van der Waals surface area contributed by atoms with Crippen molar-refractivity contribution >= 4 is 34.2 Å². The van der Waals surface area contributed by atoms with E-state index in [1.807, 2.05) is 44.0 Å². The number of carbonyl (C=O) groups is 2. The van der Waals surface area contributed by atoms with Gasteiger partial charge in [-0.15, -0.1) is 0 Å². The van der Waals surface area contributed by atoms with Gasteiger partial charge in [-0.25, -0.2) is 14.3 Å². The molecule has 0 saturated carbocycles. The lowest BCUT2D eigenvalue weighted by molar-refractivity contribution is -0.135. The first-order valence-corrected chi connectivity index (χ1v) is 16.1. The van der Waals surface area contributed by atoms with Crippen molar-refractivity contribution in [3.63, 3.8) is 0 Å². The number of amides is 2. The summed E-state index contributed by atoms with van der Waals surface area (Å²) in [6, 6.07) is 13.7. The summed E-state index contributed by atoms with van der Waals surface area (Å²) in [5, 5.41) is 7.98. The molecule has 13 nitrogen and oxygen atoms in total. The molecule has 1 saturated heterocycles. The Kier molecular flexibility index (Phi) is 8.69. The molecule has 1 aliphatic heterocycles. The summed E-state index contributed by atoms with van der Waals surface area (Å²) in [6.45, 7) is 8.79. The first kappa shape index (κ1) is 32.4. The lowest BCUT2D eigenvalue weighted by Crippen LogP contribution is -2.43. The predicted molar refractivity (Wildman–Crippen MR) is 184 cm³/mol. The highest BCUT2D eigenvalue weighted by atomic mass is 16.2. The minimum atomic E-state index is -0.764. The molecule has 0 aliphatic carbocycles. The van der Waals surface area contributed by atoms with Crippen LogP contribution in [0.2, 0.25) is 0 Å². The normalized spacial score (nSPS) is 13.9. The Hall–Kier alpha value is -5.59. The van der Waals surface area contributed by atoms with E-state index < -0.39 is 17.2 Å². The van der Waals surface area contributed by atoms with E-state index >= 15 is 0 Å². The quantitative estimate of drug-likeness (QED) is 0.266. The summed E-state index contributed by atoms with van der Waals surface area (Å²) in [6.07, 6.45) is 4.38. The number of rotatable bonds is 7. The summed E-state index contributed by atoms with van der Waals surface area (Å²) >= 11 is 0. The monoisotopic (exact) mass is 649 g/mol. The number of carbonyl (C=O) groups excluding carboxylic acids is 2. The molecule has 0 radical (unpaired) electrons. The van der Waals surface area contributed by atoms with Crippen molar-refractivity contribution in [2.45, 2.75) is 52.5 Å². The maximum atomic E-state index is 13.5. The zero-order valence-electron chi connectivity index (χ0n) is 27.7. The van der Waals surface area contributed by atoms with Crippen molar-refractivity contribution in [1.29, 1.82) is 0 Å². The minimum Gasteiger partial charge on any atom is -0.382 e. The van der Waals surface area contributed by atoms with Gasteiger partial charge in [0.1, 0.15) is 11.4 Å². The summed E-state index contributed by atoms with van der Waals surface area (Å²) in [7, 11) is 1.85. The van der Waals surface area contributed by atoms with E-state index in [0.717, 1.165) is 39.6 Å². The maximum Gasteiger partial charge on any atom is 0.337 e. The van der Waals surface area contributed by atoms with Gasteiger partial charge < -0.3 is 16.0 Å². The SMILES string of the molecule is CC(C)C(=O)N1CCC(c2cc3c(c(N)nn3C)c(-c3ccc(NC(=O)c4cn(C(C)C)c(=O)n(-c5ccccn5)c4=O)cc3)n2)CC1. The number of nitrogens with zero attached hydrogens (tertiary/aromatic N) is 7. The standard InChI is InChI=1S/C35H39N9O4/c1-20(2)33(46)42-16-13-22(14-17-42)26-18-27-29(31(36)40-41(27)5)30(39-26)23-9-11-24(12-10-23)38-32(45)25-19-43(21(3)4)35(48)44(34(25)47)28-8-6-7-15-37-28/h6-12,15,18-22H,13-14,16-17H2,1-5H3,(H2,36,40)(H,38,45). The highest BCUT2D eigenvalue weighted by Crippen LogP contribution is 2.36. The summed E-state index contributed by atoms with van der Waals surface area (Å²) in [5.41, 5.74) is 8.49. The Labute approximate surface area is 277 Å². The van der Waals surface area contributed by atoms with Crippen LogP contribution in [0.25, 0.3) is 28.0 Å². The van der Waals surface area contributed by atoms with Crippen molar-refractivity contribution < 1.29 is 9.59 Å². The maximum absolute atomic E-state index is 13.5. The minimum absolute atomic E-state index is 0.0344. The van der Waals surface area contributed by atoms with E-state index in [2.05, 4.69) is 15.4 Å². The van der Waals surface area contributed by atoms with E-state index in [1.165, 1.54) is 17.0 Å². The van der Waals surface area contributed by atoms with E-state index in [1.54, 1.807) is 48.9 Å². The number of benzene rings is 1. The average Bonchev–Trinajstić information content (AvgIpc) is 3.37. The third-order valence-electron chi connectivity index (χ3n) is 8.81. The van der Waals surface area contributed by atoms with E-state index in [-0.39, 0.29) is 35.2 Å². The molecule has 1 fully saturated rings. The van der Waals surface area contributed by atoms with Gasteiger partial charge >= 0.3 is 5.69 Å². The molecule has 3 N–H and O–H groups in total. The first-order valence-electron chi connectivity index (χ1n) is 16.1. The number of nitrogens with two attached hydrogens (primary N) is 1. The van der Waals surface area contributed by atoms with Gasteiger partial charge in [-0.3, -0.25) is 28.6 Å². The smallest absolute Gasteiger partial charge is 0.337 e. The van der Waals surface area contributed by atoms with Crippen LogP contribution in [0.4, 0.5) is 11.5 Å². The second-order valence-corrected chi connectivity index (χ2v) is 12.7. The molecule has 0 bridgehead atoms. The molecule has 1 aliphatic rings. The fraction of sp³-hybridized carbons (Fsp3) is 0.343. The molecule has 4 aromatic heterocycles. The van der Waals surface area contributed by atoms with Gasteiger partial charge in [0.2, 0.25) is 5.91 Å². The molecule has 5 aromatic rings. The van der Waals surface area contributed by atoms with Crippen molar-refractivity contribution in [3.8, 4) is 17.1 Å². The van der Waals surface area contributed by atoms with Crippen LogP contribution in [0.3, 0.4) is 0 Å². The molecule has 13 heteroatoms. The van der Waals surface area contributed by atoms with Crippen LogP contribution >= 0.6 is 0 Å². The molecule has 0 atom stereocenters. The second-order valence-electron chi connectivity index (χ2n) is 12.7. The molecular formula is C35H39N9O4. The van der Waals surface area contributed by atoms with E-state index in [4.69, 9.17) is 10.7 Å². The van der Waals surface area contributed by atoms with Gasteiger partial charge in [0.15, 0.2) is 5.82 Å². The summed E-state index contributed by atoms with van der Waals surface area (Å²) < 4.78 is 3.99. The topological polar surface area (TPSA) is 163 Å². The molecule has 0 spiro atoms. The number of anilines is 2. The number of fused-ring (bicyclic) bond motifs is 1. The Morgan fingerprint density at radius 2 is 1.71 bits per heavy atom. The van der Waals surface area contributed by atoms with Crippen molar-refractivity contribution in [1.82, 2.24) is 33.8 Å². The number of aromatic nitrogens is 6. The summed E-state index contributed by atoms with van der Waals surface area (Å²) in [4.78, 5) is 63.8. The predicted octanol–water partition coefficient (Wildman–Crippen LogP) is 4.12. The van der Waals surface area contributed by atoms with Gasteiger partial charge in [0.25, 0.3) is 11.5 Å². The zero-order chi connectivity index (χ0) is 34.3. The van der Waals surface area contributed by atoms with Crippen molar-refractivity contribution in [2.75, 3.05) is 24.1 Å². The van der Waals surface area contributed by atoms with Crippen LogP contribution in [-0.2, 0) is 11.8 Å². The lowest BCUT2D eigenvalue weighted by Gasteiger charge is -2.33. The van der Waals surface area contributed by atoms with Crippen molar-refractivity contribution in [2.24, 2.45) is 13.0 Å². The number of hydrogen-bond acceptors (Lipinski definition) is 8. The molecule has 0 unspecified atom stereocenters. The molecule has 5 heterocycles. The number of aryl methyl sites for hydroxylation is 1. The van der Waals surface area contributed by atoms with Gasteiger partial charge in [0.05, 0.1) is 16.6 Å². The van der Waals surface area contributed by atoms with Crippen LogP contribution in [-0.4, -0.2) is 58.7 Å². The number of pyridine rings is 2. The highest BCUT2D eigenvalue weighted by molar-refractivity contribution is 6.04. The highest BCUT2D eigenvalue weighted by Gasteiger charge is 2.28. The third-order valence-corrected chi connectivity index (χ3v) is 8.81. The van der Waals surface area contributed by atoms with Crippen LogP contribution in [0, 0.1) is 5.92 Å². The number of nitrogens with one attached hydrogen (secondary N) is 1. The molecule has 1 aromatic carbocycles. The number of nitrogen functional groups attached to an aromatic ring is 1. The molecule has 48 heavy (non-hydrogen) atoms. The van der Waals surface area contributed by atoms with Crippen LogP contribution in [0.5, 0.6) is 0 Å². The van der Waals surface area contributed by atoms with E-state index in [9.17, 15) is 19.2 Å². The average molecular weight is 650 g/mol. The number of piperidine rings is 1. The van der Waals surface area contributed by atoms with Crippen LogP contribution in [0.15, 0.2) is 70.5 Å². The Bertz CT molecular complexity index is 2120. The molecule has 2 amide bonds. The fourth-order valence-corrected chi connectivity index (χ4v) is 6.20. The first-order chi connectivity index (χ1) is 22.9. The van der Waals surface area contributed by atoms with Gasteiger partial charge in [0, 0.05) is 67.4 Å². The molecule has 6 rings (SSSR count). The molecular weight excluding hydrogens is 610 g/mol. The Morgan fingerprint density at radius 1 is 1.00 bits per heavy atom. The van der Waals surface area contributed by atoms with Gasteiger partial charge in [-0.2, -0.15) is 5.10 Å². The fourth-order valence-electron chi connectivity index (χ4n) is 6.20. The molecule has 248 valence electrons.